The SMILES string of the molecule is CCC(SCC(=O)Nc1ccccc1)C(=O)Nc1cccc(C(F)(F)F)c1. The molecule has 0 aliphatic carbocycles. The summed E-state index contributed by atoms with van der Waals surface area (Å²) in [5, 5.41) is 4.65. The highest BCUT2D eigenvalue weighted by Gasteiger charge is 2.30. The molecule has 4 nitrogen and oxygen atoms in total. The van der Waals surface area contributed by atoms with Crippen LogP contribution in [0.5, 0.6) is 0 Å². The minimum Gasteiger partial charge on any atom is -0.325 e. The van der Waals surface area contributed by atoms with Gasteiger partial charge in [0, 0.05) is 11.4 Å². The Morgan fingerprint density at radius 2 is 1.67 bits per heavy atom. The van der Waals surface area contributed by atoms with Crippen LogP contribution < -0.4 is 10.6 Å². The van der Waals surface area contributed by atoms with E-state index in [0.29, 0.717) is 12.1 Å². The fraction of sp³-hybridized carbons (Fsp3) is 0.263. The summed E-state index contributed by atoms with van der Waals surface area (Å²) in [6, 6.07) is 13.4. The molecule has 0 spiro atoms. The van der Waals surface area contributed by atoms with Gasteiger partial charge in [0.1, 0.15) is 0 Å². The fourth-order valence-corrected chi connectivity index (χ4v) is 3.14. The number of hydrogen-bond acceptors (Lipinski definition) is 3. The minimum atomic E-state index is -4.48. The summed E-state index contributed by atoms with van der Waals surface area (Å²) in [5.74, 6) is -0.630. The van der Waals surface area contributed by atoms with Crippen LogP contribution >= 0.6 is 11.8 Å². The van der Waals surface area contributed by atoms with Gasteiger partial charge in [0.15, 0.2) is 0 Å². The molecule has 8 heteroatoms. The maximum atomic E-state index is 12.8. The molecule has 0 saturated heterocycles. The van der Waals surface area contributed by atoms with Crippen LogP contribution in [0.25, 0.3) is 0 Å². The predicted molar refractivity (Wildman–Crippen MR) is 102 cm³/mol. The maximum Gasteiger partial charge on any atom is 0.416 e. The van der Waals surface area contributed by atoms with E-state index in [1.54, 1.807) is 31.2 Å². The van der Waals surface area contributed by atoms with Crippen LogP contribution in [0, 0.1) is 0 Å². The van der Waals surface area contributed by atoms with Crippen LogP contribution in [-0.2, 0) is 15.8 Å². The maximum absolute atomic E-state index is 12.8. The minimum absolute atomic E-state index is 0.0589. The highest BCUT2D eigenvalue weighted by Crippen LogP contribution is 2.31. The topological polar surface area (TPSA) is 58.2 Å². The molecule has 144 valence electrons. The van der Waals surface area contributed by atoms with Crippen LogP contribution in [0.2, 0.25) is 0 Å². The third-order valence-electron chi connectivity index (χ3n) is 3.59. The Balaban J connectivity index is 1.91. The van der Waals surface area contributed by atoms with E-state index in [9.17, 15) is 22.8 Å². The van der Waals surface area contributed by atoms with E-state index in [0.717, 1.165) is 23.9 Å². The van der Waals surface area contributed by atoms with Crippen molar-refractivity contribution in [3.8, 4) is 0 Å². The second kappa shape index (κ2) is 9.45. The first kappa shape index (κ1) is 20.8. The van der Waals surface area contributed by atoms with Crippen molar-refractivity contribution in [1.29, 1.82) is 0 Å². The highest BCUT2D eigenvalue weighted by molar-refractivity contribution is 8.01. The lowest BCUT2D eigenvalue weighted by molar-refractivity contribution is -0.137. The fourth-order valence-electron chi connectivity index (χ4n) is 2.27. The Kier molecular flexibility index (Phi) is 7.29. The summed E-state index contributed by atoms with van der Waals surface area (Å²) < 4.78 is 38.3. The zero-order valence-electron chi connectivity index (χ0n) is 14.5. The number of alkyl halides is 3. The molecule has 2 aromatic carbocycles. The van der Waals surface area contributed by atoms with Gasteiger partial charge in [0.25, 0.3) is 0 Å². The molecule has 2 N–H and O–H groups in total. The number of carbonyl (C=O) groups excluding carboxylic acids is 2. The number of para-hydroxylation sites is 1. The average Bonchev–Trinajstić information content (AvgIpc) is 2.62. The van der Waals surface area contributed by atoms with Crippen molar-refractivity contribution < 1.29 is 22.8 Å². The van der Waals surface area contributed by atoms with Gasteiger partial charge in [-0.15, -0.1) is 11.8 Å². The summed E-state index contributed by atoms with van der Waals surface area (Å²) in [6.07, 6.45) is -4.04. The Hall–Kier alpha value is -2.48. The van der Waals surface area contributed by atoms with E-state index in [2.05, 4.69) is 10.6 Å². The van der Waals surface area contributed by atoms with Crippen LogP contribution in [0.15, 0.2) is 54.6 Å². The number of carbonyl (C=O) groups is 2. The van der Waals surface area contributed by atoms with Crippen molar-refractivity contribution >= 4 is 35.0 Å². The molecule has 2 amide bonds. The van der Waals surface area contributed by atoms with Crippen LogP contribution in [-0.4, -0.2) is 22.8 Å². The van der Waals surface area contributed by atoms with E-state index in [4.69, 9.17) is 0 Å². The van der Waals surface area contributed by atoms with Gasteiger partial charge in [0.2, 0.25) is 11.8 Å². The standard InChI is InChI=1S/C19H19F3N2O2S/c1-2-16(27-12-17(25)23-14-8-4-3-5-9-14)18(26)24-15-10-6-7-13(11-15)19(20,21)22/h3-11,16H,2,12H2,1H3,(H,23,25)(H,24,26). The predicted octanol–water partition coefficient (Wildman–Crippen LogP) is 4.79. The Morgan fingerprint density at radius 3 is 2.30 bits per heavy atom. The Morgan fingerprint density at radius 1 is 1.00 bits per heavy atom. The molecule has 0 bridgehead atoms. The molecule has 0 radical (unpaired) electrons. The van der Waals surface area contributed by atoms with E-state index < -0.39 is 22.9 Å². The molecule has 27 heavy (non-hydrogen) atoms. The first-order valence-corrected chi connectivity index (χ1v) is 9.29. The molecule has 0 saturated carbocycles. The van der Waals surface area contributed by atoms with Gasteiger partial charge < -0.3 is 10.6 Å². The van der Waals surface area contributed by atoms with Gasteiger partial charge in [-0.1, -0.05) is 31.2 Å². The van der Waals surface area contributed by atoms with Crippen molar-refractivity contribution in [2.75, 3.05) is 16.4 Å². The van der Waals surface area contributed by atoms with E-state index in [1.807, 2.05) is 6.07 Å². The molecule has 0 fully saturated rings. The average molecular weight is 396 g/mol. The van der Waals surface area contributed by atoms with Crippen LogP contribution in [0.4, 0.5) is 24.5 Å². The van der Waals surface area contributed by atoms with Crippen molar-refractivity contribution in [3.05, 3.63) is 60.2 Å². The Bertz CT molecular complexity index is 782. The molecule has 0 aromatic heterocycles. The molecule has 2 aromatic rings. The third-order valence-corrected chi connectivity index (χ3v) is 4.97. The lowest BCUT2D eigenvalue weighted by Crippen LogP contribution is -2.27. The van der Waals surface area contributed by atoms with E-state index in [1.165, 1.54) is 12.1 Å². The summed E-state index contributed by atoms with van der Waals surface area (Å²) in [6.45, 7) is 1.78. The molecule has 1 atom stereocenters. The van der Waals surface area contributed by atoms with Gasteiger partial charge in [-0.2, -0.15) is 13.2 Å². The van der Waals surface area contributed by atoms with Gasteiger partial charge in [-0.3, -0.25) is 9.59 Å². The van der Waals surface area contributed by atoms with Crippen molar-refractivity contribution in [2.24, 2.45) is 0 Å². The van der Waals surface area contributed by atoms with Crippen molar-refractivity contribution in [1.82, 2.24) is 0 Å². The zero-order chi connectivity index (χ0) is 19.9. The van der Waals surface area contributed by atoms with Gasteiger partial charge in [-0.05, 0) is 36.8 Å². The summed E-state index contributed by atoms with van der Waals surface area (Å²) in [7, 11) is 0. The lowest BCUT2D eigenvalue weighted by atomic mass is 10.2. The second-order valence-electron chi connectivity index (χ2n) is 5.69. The largest absolute Gasteiger partial charge is 0.416 e. The van der Waals surface area contributed by atoms with Gasteiger partial charge >= 0.3 is 6.18 Å². The van der Waals surface area contributed by atoms with Gasteiger partial charge in [0.05, 0.1) is 16.6 Å². The van der Waals surface area contributed by atoms with Crippen LogP contribution in [0.1, 0.15) is 18.9 Å². The quantitative estimate of drug-likeness (QED) is 0.707. The number of hydrogen-bond donors (Lipinski definition) is 2. The number of halogens is 3. The molecule has 0 heterocycles. The van der Waals surface area contributed by atoms with E-state index in [-0.39, 0.29) is 17.3 Å². The third kappa shape index (κ3) is 6.63. The lowest BCUT2D eigenvalue weighted by Gasteiger charge is -2.15. The van der Waals surface area contributed by atoms with E-state index >= 15 is 0 Å². The van der Waals surface area contributed by atoms with Gasteiger partial charge in [-0.25, -0.2) is 0 Å². The number of thioether (sulfide) groups is 1. The first-order valence-electron chi connectivity index (χ1n) is 8.24. The summed E-state index contributed by atoms with van der Waals surface area (Å²) >= 11 is 1.14. The smallest absolute Gasteiger partial charge is 0.325 e. The second-order valence-corrected chi connectivity index (χ2v) is 6.88. The Labute approximate surface area is 159 Å². The number of nitrogens with one attached hydrogen (secondary N) is 2. The molecule has 0 aliphatic heterocycles. The van der Waals surface area contributed by atoms with Crippen molar-refractivity contribution in [3.63, 3.8) is 0 Å². The molecular formula is C19H19F3N2O2S. The summed E-state index contributed by atoms with van der Waals surface area (Å²) in [4.78, 5) is 24.3. The van der Waals surface area contributed by atoms with Crippen molar-refractivity contribution in [2.45, 2.75) is 24.8 Å². The number of rotatable bonds is 7. The monoisotopic (exact) mass is 396 g/mol. The number of amides is 2. The number of benzene rings is 2. The normalized spacial score (nSPS) is 12.3. The molecule has 1 unspecified atom stereocenters. The zero-order valence-corrected chi connectivity index (χ0v) is 15.4. The number of anilines is 2. The molecular weight excluding hydrogens is 377 g/mol. The van der Waals surface area contributed by atoms with Crippen LogP contribution in [0.3, 0.4) is 0 Å². The molecule has 2 rings (SSSR count). The highest BCUT2D eigenvalue weighted by atomic mass is 32.2. The summed E-state index contributed by atoms with van der Waals surface area (Å²) in [5.41, 5.74) is -0.101. The first-order chi connectivity index (χ1) is 12.8. The molecule has 0 aliphatic rings.